The molecule has 2 aromatic rings. The standard InChI is InChI=1S/C29H40O2S/c1-7-9-10-11-21(12-14-23-15-17-26(32-23)27(30)31-8-2)22-13-16-24-25(20-22)29(5,6)19-18-28(24,3)4/h12-17,20-21H,7-11,18-19H2,1-6H3/b14-12+. The van der Waals surface area contributed by atoms with E-state index in [0.29, 0.717) is 17.4 Å². The molecule has 1 aliphatic rings. The van der Waals surface area contributed by atoms with E-state index >= 15 is 0 Å². The minimum atomic E-state index is -0.226. The number of benzene rings is 1. The maximum atomic E-state index is 12.0. The van der Waals surface area contributed by atoms with Gasteiger partial charge in [-0.05, 0) is 71.9 Å². The molecule has 1 aromatic carbocycles. The topological polar surface area (TPSA) is 26.3 Å². The molecule has 0 fully saturated rings. The average Bonchev–Trinajstić information content (AvgIpc) is 3.23. The van der Waals surface area contributed by atoms with Gasteiger partial charge < -0.3 is 4.74 Å². The predicted octanol–water partition coefficient (Wildman–Crippen LogP) is 8.65. The van der Waals surface area contributed by atoms with Gasteiger partial charge in [-0.15, -0.1) is 11.3 Å². The molecule has 0 saturated carbocycles. The number of esters is 1. The van der Waals surface area contributed by atoms with Crippen LogP contribution in [0.1, 0.15) is 117 Å². The van der Waals surface area contributed by atoms with Gasteiger partial charge in [0.2, 0.25) is 0 Å². The van der Waals surface area contributed by atoms with Crippen LogP contribution in [-0.4, -0.2) is 12.6 Å². The van der Waals surface area contributed by atoms with Crippen molar-refractivity contribution in [3.05, 3.63) is 62.9 Å². The van der Waals surface area contributed by atoms with Crippen LogP contribution < -0.4 is 0 Å². The van der Waals surface area contributed by atoms with Crippen molar-refractivity contribution < 1.29 is 9.53 Å². The van der Waals surface area contributed by atoms with E-state index in [2.05, 4.69) is 65.0 Å². The normalized spacial score (nSPS) is 17.8. The van der Waals surface area contributed by atoms with Crippen LogP contribution in [0.3, 0.4) is 0 Å². The summed E-state index contributed by atoms with van der Waals surface area (Å²) in [5.41, 5.74) is 4.94. The van der Waals surface area contributed by atoms with Crippen molar-refractivity contribution in [3.63, 3.8) is 0 Å². The monoisotopic (exact) mass is 452 g/mol. The summed E-state index contributed by atoms with van der Waals surface area (Å²) < 4.78 is 5.14. The molecule has 1 aliphatic carbocycles. The van der Waals surface area contributed by atoms with Crippen molar-refractivity contribution >= 4 is 23.4 Å². The molecule has 1 atom stereocenters. The SMILES string of the molecule is CCCCCC(/C=C/c1ccc(C(=O)OCC)s1)c1ccc2c(c1)C(C)(C)CCC2(C)C. The van der Waals surface area contributed by atoms with Gasteiger partial charge >= 0.3 is 5.97 Å². The Labute approximate surface area is 199 Å². The van der Waals surface area contributed by atoms with Crippen LogP contribution in [-0.2, 0) is 15.6 Å². The quantitative estimate of drug-likeness (QED) is 0.281. The highest BCUT2D eigenvalue weighted by atomic mass is 32.1. The van der Waals surface area contributed by atoms with E-state index < -0.39 is 0 Å². The third-order valence-electron chi connectivity index (χ3n) is 7.02. The molecule has 1 unspecified atom stereocenters. The summed E-state index contributed by atoms with van der Waals surface area (Å²) in [5.74, 6) is 0.164. The average molecular weight is 453 g/mol. The fourth-order valence-corrected chi connectivity index (χ4v) is 5.61. The number of hydrogen-bond acceptors (Lipinski definition) is 3. The molecule has 0 aliphatic heterocycles. The minimum absolute atomic E-state index is 0.223. The lowest BCUT2D eigenvalue weighted by Crippen LogP contribution is -2.34. The third kappa shape index (κ3) is 5.73. The van der Waals surface area contributed by atoms with E-state index in [9.17, 15) is 4.79 Å². The van der Waals surface area contributed by atoms with E-state index in [1.807, 2.05) is 19.1 Å². The Bertz CT molecular complexity index is 948. The maximum Gasteiger partial charge on any atom is 0.348 e. The van der Waals surface area contributed by atoms with Crippen LogP contribution in [0, 0.1) is 0 Å². The number of hydrogen-bond donors (Lipinski definition) is 0. The summed E-state index contributed by atoms with van der Waals surface area (Å²) in [6, 6.07) is 11.2. The van der Waals surface area contributed by atoms with Gasteiger partial charge in [0, 0.05) is 10.8 Å². The first-order chi connectivity index (χ1) is 15.2. The highest BCUT2D eigenvalue weighted by Crippen LogP contribution is 2.46. The van der Waals surface area contributed by atoms with Crippen molar-refractivity contribution in [1.82, 2.24) is 0 Å². The van der Waals surface area contributed by atoms with Gasteiger partial charge in [-0.2, -0.15) is 0 Å². The summed E-state index contributed by atoms with van der Waals surface area (Å²) in [7, 11) is 0. The molecule has 0 amide bonds. The van der Waals surface area contributed by atoms with Gasteiger partial charge in [0.1, 0.15) is 4.88 Å². The Kier molecular flexibility index (Phi) is 8.03. The Balaban J connectivity index is 1.89. The van der Waals surface area contributed by atoms with Gasteiger partial charge in [0.05, 0.1) is 6.61 Å². The fourth-order valence-electron chi connectivity index (χ4n) is 4.79. The van der Waals surface area contributed by atoms with Gasteiger partial charge in [-0.3, -0.25) is 0 Å². The third-order valence-corrected chi connectivity index (χ3v) is 8.05. The molecule has 1 heterocycles. The van der Waals surface area contributed by atoms with Crippen LogP contribution in [0.4, 0.5) is 0 Å². The first-order valence-electron chi connectivity index (χ1n) is 12.3. The van der Waals surface area contributed by atoms with E-state index in [1.54, 1.807) is 0 Å². The maximum absolute atomic E-state index is 12.0. The van der Waals surface area contributed by atoms with Gasteiger partial charge in [0.15, 0.2) is 0 Å². The smallest absolute Gasteiger partial charge is 0.348 e. The zero-order valence-corrected chi connectivity index (χ0v) is 21.6. The van der Waals surface area contributed by atoms with Crippen molar-refractivity contribution in [2.24, 2.45) is 0 Å². The summed E-state index contributed by atoms with van der Waals surface area (Å²) >= 11 is 1.51. The molecule has 0 radical (unpaired) electrons. The van der Waals surface area contributed by atoms with E-state index in [-0.39, 0.29) is 16.8 Å². The van der Waals surface area contributed by atoms with Gasteiger partial charge in [0.25, 0.3) is 0 Å². The number of thiophene rings is 1. The number of ether oxygens (including phenoxy) is 1. The second-order valence-corrected chi connectivity index (χ2v) is 11.6. The summed E-state index contributed by atoms with van der Waals surface area (Å²) in [6.45, 7) is 14.1. The lowest BCUT2D eigenvalue weighted by Gasteiger charge is -2.42. The molecule has 2 nitrogen and oxygen atoms in total. The molecule has 0 saturated heterocycles. The molecule has 1 aromatic heterocycles. The summed E-state index contributed by atoms with van der Waals surface area (Å²) in [4.78, 5) is 13.8. The lowest BCUT2D eigenvalue weighted by atomic mass is 9.62. The zero-order valence-electron chi connectivity index (χ0n) is 20.8. The Morgan fingerprint density at radius 2 is 1.75 bits per heavy atom. The number of carbonyl (C=O) groups is 1. The Morgan fingerprint density at radius 3 is 2.44 bits per heavy atom. The molecule has 32 heavy (non-hydrogen) atoms. The molecule has 3 heteroatoms. The number of rotatable bonds is 9. The highest BCUT2D eigenvalue weighted by Gasteiger charge is 2.37. The molecule has 0 N–H and O–H groups in total. The number of carbonyl (C=O) groups excluding carboxylic acids is 1. The van der Waals surface area contributed by atoms with Gasteiger partial charge in [-0.1, -0.05) is 78.2 Å². The summed E-state index contributed by atoms with van der Waals surface area (Å²) in [5, 5.41) is 0. The first-order valence-corrected chi connectivity index (χ1v) is 13.1. The second-order valence-electron chi connectivity index (χ2n) is 10.5. The van der Waals surface area contributed by atoms with E-state index in [4.69, 9.17) is 4.74 Å². The molecule has 174 valence electrons. The second kappa shape index (κ2) is 10.4. The van der Waals surface area contributed by atoms with Crippen LogP contribution in [0.5, 0.6) is 0 Å². The van der Waals surface area contributed by atoms with Crippen molar-refractivity contribution in [2.45, 2.75) is 96.8 Å². The fraction of sp³-hybridized carbons (Fsp3) is 0.552. The number of allylic oxidation sites excluding steroid dienone is 1. The van der Waals surface area contributed by atoms with E-state index in [0.717, 1.165) is 11.3 Å². The zero-order chi connectivity index (χ0) is 23.4. The Hall–Kier alpha value is -1.87. The largest absolute Gasteiger partial charge is 0.462 e. The van der Waals surface area contributed by atoms with Crippen molar-refractivity contribution in [1.29, 1.82) is 0 Å². The minimum Gasteiger partial charge on any atom is -0.462 e. The van der Waals surface area contributed by atoms with Crippen molar-refractivity contribution in [3.8, 4) is 0 Å². The van der Waals surface area contributed by atoms with Crippen LogP contribution in [0.25, 0.3) is 6.08 Å². The first kappa shape index (κ1) is 24.8. The van der Waals surface area contributed by atoms with Crippen LogP contribution in [0.2, 0.25) is 0 Å². The molecular weight excluding hydrogens is 412 g/mol. The number of unbranched alkanes of at least 4 members (excludes halogenated alkanes) is 2. The number of fused-ring (bicyclic) bond motifs is 1. The molecule has 0 spiro atoms. The van der Waals surface area contributed by atoms with Gasteiger partial charge in [-0.25, -0.2) is 4.79 Å². The van der Waals surface area contributed by atoms with E-state index in [1.165, 1.54) is 60.1 Å². The highest BCUT2D eigenvalue weighted by molar-refractivity contribution is 7.14. The molecule has 0 bridgehead atoms. The van der Waals surface area contributed by atoms with Crippen LogP contribution >= 0.6 is 11.3 Å². The Morgan fingerprint density at radius 1 is 1.03 bits per heavy atom. The molecule has 3 rings (SSSR count). The molecular formula is C29H40O2S. The summed E-state index contributed by atoms with van der Waals surface area (Å²) in [6.07, 6.45) is 11.9. The lowest BCUT2D eigenvalue weighted by molar-refractivity contribution is 0.0532. The predicted molar refractivity (Wildman–Crippen MR) is 138 cm³/mol. The van der Waals surface area contributed by atoms with Crippen molar-refractivity contribution in [2.75, 3.05) is 6.61 Å². The van der Waals surface area contributed by atoms with Crippen LogP contribution in [0.15, 0.2) is 36.4 Å².